The molecular formula is C21H16Cl2N2O3. The summed E-state index contributed by atoms with van der Waals surface area (Å²) in [5, 5.41) is 10.1. The first-order valence-electron chi connectivity index (χ1n) is 8.62. The normalized spacial score (nSPS) is 16.1. The summed E-state index contributed by atoms with van der Waals surface area (Å²) in [5.74, 6) is -0.111. The zero-order valence-electron chi connectivity index (χ0n) is 15.3. The summed E-state index contributed by atoms with van der Waals surface area (Å²) in [5.41, 5.74) is 1.18. The molecule has 1 aromatic carbocycles. The zero-order chi connectivity index (χ0) is 20.4. The summed E-state index contributed by atoms with van der Waals surface area (Å²) in [6, 6.07) is 10.5. The number of halogens is 2. The maximum atomic E-state index is 12.8. The highest BCUT2D eigenvalue weighted by Crippen LogP contribution is 2.35. The van der Waals surface area contributed by atoms with E-state index in [0.717, 1.165) is 4.90 Å². The van der Waals surface area contributed by atoms with E-state index in [4.69, 9.17) is 27.6 Å². The number of imide groups is 1. The molecule has 142 valence electrons. The van der Waals surface area contributed by atoms with Gasteiger partial charge in [-0.1, -0.05) is 36.2 Å². The molecule has 1 aliphatic rings. The summed E-state index contributed by atoms with van der Waals surface area (Å²) < 4.78 is 5.82. The lowest BCUT2D eigenvalue weighted by Crippen LogP contribution is -2.43. The van der Waals surface area contributed by atoms with Gasteiger partial charge in [0.1, 0.15) is 23.2 Å². The van der Waals surface area contributed by atoms with Crippen molar-refractivity contribution in [3.8, 4) is 17.4 Å². The Morgan fingerprint density at radius 1 is 1.18 bits per heavy atom. The Morgan fingerprint density at radius 2 is 1.93 bits per heavy atom. The molecule has 0 radical (unpaired) electrons. The average Bonchev–Trinajstić information content (AvgIpc) is 3.13. The van der Waals surface area contributed by atoms with Gasteiger partial charge in [0.25, 0.3) is 11.8 Å². The topological polar surface area (TPSA) is 74.3 Å². The predicted molar refractivity (Wildman–Crippen MR) is 107 cm³/mol. The highest BCUT2D eigenvalue weighted by atomic mass is 35.5. The lowest BCUT2D eigenvalue weighted by Gasteiger charge is -2.26. The van der Waals surface area contributed by atoms with Crippen LogP contribution in [-0.4, -0.2) is 23.3 Å². The highest BCUT2D eigenvalue weighted by molar-refractivity contribution is 6.43. The van der Waals surface area contributed by atoms with Crippen LogP contribution in [0.1, 0.15) is 26.0 Å². The molecule has 2 amide bonds. The first-order chi connectivity index (χ1) is 13.4. The van der Waals surface area contributed by atoms with Crippen LogP contribution in [-0.2, 0) is 9.59 Å². The van der Waals surface area contributed by atoms with Crippen LogP contribution in [0.15, 0.2) is 51.5 Å². The maximum absolute atomic E-state index is 12.8. The third kappa shape index (κ3) is 3.49. The number of nitrogens with zero attached hydrogens (tertiary/aromatic N) is 2. The van der Waals surface area contributed by atoms with Gasteiger partial charge >= 0.3 is 0 Å². The van der Waals surface area contributed by atoms with E-state index in [1.54, 1.807) is 37.3 Å². The van der Waals surface area contributed by atoms with Crippen LogP contribution in [0.3, 0.4) is 0 Å². The van der Waals surface area contributed by atoms with E-state index in [2.05, 4.69) is 0 Å². The van der Waals surface area contributed by atoms with Crippen LogP contribution >= 0.6 is 23.2 Å². The molecule has 2 heterocycles. The minimum atomic E-state index is -0.560. The standard InChI is InChI=1S/C21H16Cl2N2O3/c1-3-9-25-20(26)15(12(2)16(11-24)21(25)27)10-13-7-8-18(28-13)14-5-4-6-17(22)19(14)23/h4-8,10H,3,9H2,1-2H3/b15-10+. The van der Waals surface area contributed by atoms with Crippen LogP contribution in [0, 0.1) is 11.3 Å². The van der Waals surface area contributed by atoms with Gasteiger partial charge in [0.2, 0.25) is 0 Å². The van der Waals surface area contributed by atoms with Gasteiger partial charge in [-0.25, -0.2) is 0 Å². The first kappa shape index (κ1) is 19.9. The number of amides is 2. The van der Waals surface area contributed by atoms with Crippen molar-refractivity contribution >= 4 is 41.1 Å². The molecule has 0 N–H and O–H groups in total. The fourth-order valence-corrected chi connectivity index (χ4v) is 3.36. The van der Waals surface area contributed by atoms with Crippen molar-refractivity contribution in [2.45, 2.75) is 20.3 Å². The van der Waals surface area contributed by atoms with E-state index >= 15 is 0 Å². The molecule has 3 rings (SSSR count). The van der Waals surface area contributed by atoms with Gasteiger partial charge in [0.05, 0.1) is 10.0 Å². The molecule has 1 aromatic heterocycles. The summed E-state index contributed by atoms with van der Waals surface area (Å²) in [6.07, 6.45) is 2.13. The summed E-state index contributed by atoms with van der Waals surface area (Å²) in [6.45, 7) is 3.69. The van der Waals surface area contributed by atoms with Crippen LogP contribution in [0.25, 0.3) is 17.4 Å². The van der Waals surface area contributed by atoms with Gasteiger partial charge in [-0.2, -0.15) is 5.26 Å². The second-order valence-corrected chi connectivity index (χ2v) is 7.02. The zero-order valence-corrected chi connectivity index (χ0v) is 16.8. The van der Waals surface area contributed by atoms with Crippen molar-refractivity contribution in [2.75, 3.05) is 6.54 Å². The van der Waals surface area contributed by atoms with E-state index in [1.807, 2.05) is 13.0 Å². The minimum Gasteiger partial charge on any atom is -0.457 e. The number of carbonyl (C=O) groups is 2. The molecule has 0 saturated heterocycles. The molecule has 5 nitrogen and oxygen atoms in total. The van der Waals surface area contributed by atoms with Crippen molar-refractivity contribution in [1.29, 1.82) is 5.26 Å². The van der Waals surface area contributed by atoms with Crippen molar-refractivity contribution in [1.82, 2.24) is 4.90 Å². The van der Waals surface area contributed by atoms with Gasteiger partial charge in [-0.15, -0.1) is 0 Å². The molecule has 0 fully saturated rings. The number of hydrogen-bond donors (Lipinski definition) is 0. The van der Waals surface area contributed by atoms with Gasteiger partial charge in [0, 0.05) is 17.7 Å². The molecule has 28 heavy (non-hydrogen) atoms. The van der Waals surface area contributed by atoms with Crippen molar-refractivity contribution in [2.24, 2.45) is 0 Å². The van der Waals surface area contributed by atoms with Gasteiger partial charge in [0.15, 0.2) is 0 Å². The Labute approximate surface area is 172 Å². The monoisotopic (exact) mass is 414 g/mol. The summed E-state index contributed by atoms with van der Waals surface area (Å²) in [4.78, 5) is 26.3. The molecule has 0 aliphatic carbocycles. The Hall–Kier alpha value is -2.81. The van der Waals surface area contributed by atoms with E-state index < -0.39 is 11.8 Å². The van der Waals surface area contributed by atoms with Crippen LogP contribution < -0.4 is 0 Å². The van der Waals surface area contributed by atoms with Crippen molar-refractivity contribution in [3.05, 3.63) is 62.9 Å². The number of hydrogen-bond acceptors (Lipinski definition) is 4. The quantitative estimate of drug-likeness (QED) is 0.505. The summed E-state index contributed by atoms with van der Waals surface area (Å²) >= 11 is 12.3. The molecular weight excluding hydrogens is 399 g/mol. The lowest BCUT2D eigenvalue weighted by atomic mass is 9.94. The average molecular weight is 415 g/mol. The van der Waals surface area contributed by atoms with Gasteiger partial charge in [-0.05, 0) is 49.3 Å². The second kappa shape index (κ2) is 8.05. The fraction of sp³-hybridized carbons (Fsp3) is 0.190. The van der Waals surface area contributed by atoms with Crippen LogP contribution in [0.4, 0.5) is 0 Å². The smallest absolute Gasteiger partial charge is 0.271 e. The SMILES string of the molecule is CCCN1C(=O)C(C#N)=C(C)/C(=C\c2ccc(-c3cccc(Cl)c3Cl)o2)C1=O. The molecule has 7 heteroatoms. The first-order valence-corrected chi connectivity index (χ1v) is 9.38. The Kier molecular flexibility index (Phi) is 5.73. The number of carbonyl (C=O) groups excluding carboxylic acids is 2. The van der Waals surface area contributed by atoms with Gasteiger partial charge in [-0.3, -0.25) is 14.5 Å². The van der Waals surface area contributed by atoms with Crippen LogP contribution in [0.5, 0.6) is 0 Å². The maximum Gasteiger partial charge on any atom is 0.271 e. The predicted octanol–water partition coefficient (Wildman–Crippen LogP) is 5.26. The third-order valence-corrected chi connectivity index (χ3v) is 5.22. The third-order valence-electron chi connectivity index (χ3n) is 4.40. The van der Waals surface area contributed by atoms with E-state index in [1.165, 1.54) is 6.08 Å². The van der Waals surface area contributed by atoms with Crippen LogP contribution in [0.2, 0.25) is 10.0 Å². The van der Waals surface area contributed by atoms with E-state index in [9.17, 15) is 14.9 Å². The minimum absolute atomic E-state index is 0.0380. The molecule has 0 saturated carbocycles. The molecule has 2 aromatic rings. The summed E-state index contributed by atoms with van der Waals surface area (Å²) in [7, 11) is 0. The molecule has 1 aliphatic heterocycles. The molecule has 0 bridgehead atoms. The lowest BCUT2D eigenvalue weighted by molar-refractivity contribution is -0.140. The molecule has 0 spiro atoms. The number of furan rings is 1. The molecule has 0 unspecified atom stereocenters. The largest absolute Gasteiger partial charge is 0.457 e. The second-order valence-electron chi connectivity index (χ2n) is 6.24. The highest BCUT2D eigenvalue weighted by Gasteiger charge is 2.35. The number of benzene rings is 1. The van der Waals surface area contributed by atoms with E-state index in [0.29, 0.717) is 39.1 Å². The van der Waals surface area contributed by atoms with Crippen molar-refractivity contribution < 1.29 is 14.0 Å². The van der Waals surface area contributed by atoms with Crippen molar-refractivity contribution in [3.63, 3.8) is 0 Å². The molecule has 0 atom stereocenters. The Morgan fingerprint density at radius 3 is 2.61 bits per heavy atom. The number of rotatable bonds is 4. The van der Waals surface area contributed by atoms with Gasteiger partial charge < -0.3 is 4.42 Å². The number of nitriles is 1. The Balaban J connectivity index is 2.05. The van der Waals surface area contributed by atoms with E-state index in [-0.39, 0.29) is 17.7 Å². The fourth-order valence-electron chi connectivity index (χ4n) is 2.97. The Bertz CT molecular complexity index is 1070.